The molecule has 0 atom stereocenters. The van der Waals surface area contributed by atoms with Crippen molar-refractivity contribution in [2.24, 2.45) is 0 Å². The van der Waals surface area contributed by atoms with Crippen molar-refractivity contribution in [2.45, 2.75) is 43.2 Å². The molecule has 0 bridgehead atoms. The lowest BCUT2D eigenvalue weighted by molar-refractivity contribution is 0.150. The predicted octanol–water partition coefficient (Wildman–Crippen LogP) is 4.25. The van der Waals surface area contributed by atoms with Crippen LogP contribution in [0.4, 0.5) is 8.78 Å². The van der Waals surface area contributed by atoms with Gasteiger partial charge < -0.3 is 0 Å². The van der Waals surface area contributed by atoms with Crippen molar-refractivity contribution in [1.82, 2.24) is 34.9 Å². The van der Waals surface area contributed by atoms with Crippen LogP contribution in [0.1, 0.15) is 36.8 Å². The number of aromatic nitrogens is 6. The highest BCUT2D eigenvalue weighted by atomic mass is 32.2. The van der Waals surface area contributed by atoms with Gasteiger partial charge in [-0.25, -0.2) is 21.9 Å². The number of nitrogens with zero attached hydrogens (tertiary/aromatic N) is 5. The van der Waals surface area contributed by atoms with Gasteiger partial charge in [0.15, 0.2) is 10.0 Å². The molecule has 180 valence electrons. The van der Waals surface area contributed by atoms with Gasteiger partial charge in [0, 0.05) is 16.3 Å². The van der Waals surface area contributed by atoms with E-state index in [2.05, 4.69) is 30.2 Å². The summed E-state index contributed by atoms with van der Waals surface area (Å²) in [6.07, 6.45) is 0.531. The van der Waals surface area contributed by atoms with Gasteiger partial charge in [0.1, 0.15) is 5.69 Å². The number of alkyl halides is 2. The lowest BCUT2D eigenvalue weighted by Crippen LogP contribution is -2.34. The van der Waals surface area contributed by atoms with Crippen LogP contribution in [0.15, 0.2) is 47.5 Å². The first-order chi connectivity index (χ1) is 16.7. The molecule has 13 heteroatoms. The monoisotopic (exact) mass is 515 g/mol. The summed E-state index contributed by atoms with van der Waals surface area (Å²) in [5.41, 5.74) is 2.33. The molecule has 0 spiro atoms. The third kappa shape index (κ3) is 4.09. The molecule has 0 aliphatic heterocycles. The molecule has 2 aromatic carbocycles. The second kappa shape index (κ2) is 7.86. The maximum absolute atomic E-state index is 13.2. The fourth-order valence-corrected chi connectivity index (χ4v) is 6.14. The van der Waals surface area contributed by atoms with Gasteiger partial charge in [-0.05, 0) is 49.6 Å². The summed E-state index contributed by atoms with van der Waals surface area (Å²) in [5, 5.41) is 20.3. The summed E-state index contributed by atoms with van der Waals surface area (Å²) in [6, 6.07) is 10.6. The van der Waals surface area contributed by atoms with E-state index in [4.69, 9.17) is 0 Å². The maximum Gasteiger partial charge on any atom is 0.291 e. The first-order valence-corrected chi connectivity index (χ1v) is 13.1. The number of nitrogens with one attached hydrogen (secondary N) is 2. The SMILES string of the molecule is CC1(NS(=O)(=O)c2ccc3c(c2)c(-c2nnc(C(F)F)s2)nn3Cc2ccc3cn[nH]c3c2)CC1. The van der Waals surface area contributed by atoms with Crippen LogP contribution in [0, 0.1) is 0 Å². The molecule has 1 fully saturated rings. The summed E-state index contributed by atoms with van der Waals surface area (Å²) >= 11 is 0.739. The predicted molar refractivity (Wildman–Crippen MR) is 127 cm³/mol. The zero-order chi connectivity index (χ0) is 24.4. The summed E-state index contributed by atoms with van der Waals surface area (Å²) in [5.74, 6) is 0. The lowest BCUT2D eigenvalue weighted by atomic mass is 10.1. The molecule has 0 unspecified atom stereocenters. The second-order valence-corrected chi connectivity index (χ2v) is 11.6. The van der Waals surface area contributed by atoms with Gasteiger partial charge in [0.25, 0.3) is 6.43 Å². The Bertz CT molecular complexity index is 1690. The van der Waals surface area contributed by atoms with Crippen LogP contribution in [0.3, 0.4) is 0 Å². The number of rotatable bonds is 7. The highest BCUT2D eigenvalue weighted by molar-refractivity contribution is 7.89. The number of halogens is 2. The van der Waals surface area contributed by atoms with Crippen molar-refractivity contribution in [3.8, 4) is 10.7 Å². The van der Waals surface area contributed by atoms with Gasteiger partial charge in [0.05, 0.1) is 28.7 Å². The third-order valence-electron chi connectivity index (χ3n) is 6.08. The summed E-state index contributed by atoms with van der Waals surface area (Å²) in [4.78, 5) is 0.0800. The molecular formula is C22H19F2N7O2S2. The molecule has 5 aromatic rings. The number of benzene rings is 2. The second-order valence-electron chi connectivity index (χ2n) is 8.89. The first-order valence-electron chi connectivity index (χ1n) is 10.8. The molecule has 1 aliphatic rings. The average Bonchev–Trinajstić information content (AvgIpc) is 3.24. The number of sulfonamides is 1. The maximum atomic E-state index is 13.2. The van der Waals surface area contributed by atoms with Crippen LogP contribution in [0.25, 0.3) is 32.5 Å². The molecule has 3 aromatic heterocycles. The van der Waals surface area contributed by atoms with Crippen molar-refractivity contribution in [3.63, 3.8) is 0 Å². The van der Waals surface area contributed by atoms with Gasteiger partial charge in [-0.15, -0.1) is 10.2 Å². The lowest BCUT2D eigenvalue weighted by Gasteiger charge is -2.12. The van der Waals surface area contributed by atoms with E-state index in [1.165, 1.54) is 12.1 Å². The molecule has 6 rings (SSSR count). The van der Waals surface area contributed by atoms with E-state index < -0.39 is 27.0 Å². The van der Waals surface area contributed by atoms with E-state index in [0.29, 0.717) is 23.1 Å². The van der Waals surface area contributed by atoms with Crippen LogP contribution in [-0.2, 0) is 16.6 Å². The molecule has 1 aliphatic carbocycles. The van der Waals surface area contributed by atoms with E-state index >= 15 is 0 Å². The van der Waals surface area contributed by atoms with E-state index in [1.54, 1.807) is 16.9 Å². The Hall–Kier alpha value is -3.29. The molecule has 3 heterocycles. The van der Waals surface area contributed by atoms with Gasteiger partial charge in [0.2, 0.25) is 10.0 Å². The molecule has 0 saturated heterocycles. The Morgan fingerprint density at radius 3 is 2.77 bits per heavy atom. The van der Waals surface area contributed by atoms with Crippen molar-refractivity contribution >= 4 is 43.2 Å². The van der Waals surface area contributed by atoms with E-state index in [0.717, 1.165) is 40.6 Å². The fourth-order valence-electron chi connectivity index (χ4n) is 3.95. The van der Waals surface area contributed by atoms with Crippen LogP contribution in [0.2, 0.25) is 0 Å². The Morgan fingerprint density at radius 1 is 1.20 bits per heavy atom. The Kier molecular flexibility index (Phi) is 4.99. The summed E-state index contributed by atoms with van der Waals surface area (Å²) in [7, 11) is -3.77. The zero-order valence-corrected chi connectivity index (χ0v) is 20.0. The van der Waals surface area contributed by atoms with Gasteiger partial charge in [-0.1, -0.05) is 23.5 Å². The number of hydrogen-bond donors (Lipinski definition) is 2. The van der Waals surface area contributed by atoms with Crippen LogP contribution >= 0.6 is 11.3 Å². The smallest absolute Gasteiger partial charge is 0.278 e. The minimum Gasteiger partial charge on any atom is -0.278 e. The Balaban J connectivity index is 1.47. The topological polar surface area (TPSA) is 118 Å². The number of H-pyrrole nitrogens is 1. The summed E-state index contributed by atoms with van der Waals surface area (Å²) < 4.78 is 56.8. The Labute approximate surface area is 202 Å². The standard InChI is InChI=1S/C22H19F2N7O2S2/c1-22(6-7-22)30-35(32,33)14-4-5-17-15(9-14)18(20-27-28-21(34-20)19(23)24)29-31(17)11-12-2-3-13-10-25-26-16(13)8-12/h2-5,8-10,19,30H,6-7,11H2,1H3,(H,25,26). The molecule has 0 radical (unpaired) electrons. The normalized spacial score (nSPS) is 15.4. The van der Waals surface area contributed by atoms with Crippen molar-refractivity contribution in [1.29, 1.82) is 0 Å². The number of aromatic amines is 1. The minimum atomic E-state index is -3.77. The third-order valence-corrected chi connectivity index (χ3v) is 8.65. The molecule has 2 N–H and O–H groups in total. The fraction of sp³-hybridized carbons (Fsp3) is 0.273. The molecule has 9 nitrogen and oxygen atoms in total. The average molecular weight is 516 g/mol. The zero-order valence-electron chi connectivity index (χ0n) is 18.4. The quantitative estimate of drug-likeness (QED) is 0.335. The molecular weight excluding hydrogens is 496 g/mol. The minimum absolute atomic E-state index is 0.0800. The van der Waals surface area contributed by atoms with Crippen molar-refractivity contribution in [2.75, 3.05) is 0 Å². The van der Waals surface area contributed by atoms with E-state index in [-0.39, 0.29) is 9.90 Å². The number of fused-ring (bicyclic) bond motifs is 2. The van der Waals surface area contributed by atoms with E-state index in [9.17, 15) is 17.2 Å². The molecule has 0 amide bonds. The molecule has 35 heavy (non-hydrogen) atoms. The number of hydrogen-bond acceptors (Lipinski definition) is 7. The van der Waals surface area contributed by atoms with Crippen molar-refractivity contribution in [3.05, 3.63) is 53.2 Å². The Morgan fingerprint density at radius 2 is 2.03 bits per heavy atom. The largest absolute Gasteiger partial charge is 0.291 e. The highest BCUT2D eigenvalue weighted by Crippen LogP contribution is 2.37. The van der Waals surface area contributed by atoms with Crippen LogP contribution in [-0.4, -0.2) is 44.1 Å². The van der Waals surface area contributed by atoms with Crippen molar-refractivity contribution < 1.29 is 17.2 Å². The van der Waals surface area contributed by atoms with E-state index in [1.807, 2.05) is 25.1 Å². The highest BCUT2D eigenvalue weighted by Gasteiger charge is 2.41. The van der Waals surface area contributed by atoms with Gasteiger partial charge >= 0.3 is 0 Å². The van der Waals surface area contributed by atoms with Crippen LogP contribution < -0.4 is 4.72 Å². The van der Waals surface area contributed by atoms with Crippen LogP contribution in [0.5, 0.6) is 0 Å². The van der Waals surface area contributed by atoms with Gasteiger partial charge in [-0.2, -0.15) is 10.2 Å². The van der Waals surface area contributed by atoms with Gasteiger partial charge in [-0.3, -0.25) is 9.78 Å². The first kappa shape index (κ1) is 22.2. The summed E-state index contributed by atoms with van der Waals surface area (Å²) in [6.45, 7) is 2.23. The molecule has 1 saturated carbocycles.